The van der Waals surface area contributed by atoms with E-state index in [0.717, 1.165) is 0 Å². The lowest BCUT2D eigenvalue weighted by Crippen LogP contribution is -2.08. The number of hydrogen-bond acceptors (Lipinski definition) is 1. The summed E-state index contributed by atoms with van der Waals surface area (Å²) >= 11 is 2.07. The largest absolute Gasteiger partial charge is 0.146 e. The Balaban J connectivity index is 1.84. The molecular formula is C12H14S. The minimum Gasteiger partial charge on any atom is -0.146 e. The van der Waals surface area contributed by atoms with Gasteiger partial charge in [-0.25, -0.2) is 0 Å². The molecule has 0 N–H and O–H groups in total. The molecule has 0 aromatic heterocycles. The van der Waals surface area contributed by atoms with Crippen LogP contribution in [0.5, 0.6) is 0 Å². The maximum Gasteiger partial charge on any atom is 0.0270 e. The summed E-state index contributed by atoms with van der Waals surface area (Å²) in [5.74, 6) is 0. The van der Waals surface area contributed by atoms with Gasteiger partial charge in [0.1, 0.15) is 0 Å². The van der Waals surface area contributed by atoms with Crippen molar-refractivity contribution in [1.29, 1.82) is 0 Å². The number of hydrogen-bond donors (Lipinski definition) is 0. The van der Waals surface area contributed by atoms with Crippen LogP contribution in [0.25, 0.3) is 0 Å². The standard InChI is InChI=1S/C12H14S/c1-3-7-11(8-4-1)13-12-9-5-2-6-10-12/h1-7,9,11-12H,8,10H2. The van der Waals surface area contributed by atoms with E-state index < -0.39 is 0 Å². The molecule has 13 heavy (non-hydrogen) atoms. The van der Waals surface area contributed by atoms with Crippen LogP contribution in [0, 0.1) is 0 Å². The molecule has 0 saturated carbocycles. The molecule has 0 bridgehead atoms. The van der Waals surface area contributed by atoms with Gasteiger partial charge in [-0.15, -0.1) is 11.8 Å². The van der Waals surface area contributed by atoms with Gasteiger partial charge in [0.15, 0.2) is 0 Å². The van der Waals surface area contributed by atoms with Crippen LogP contribution in [-0.4, -0.2) is 10.5 Å². The van der Waals surface area contributed by atoms with Gasteiger partial charge in [0.2, 0.25) is 0 Å². The third kappa shape index (κ3) is 2.63. The SMILES string of the molecule is C1=CCC(SC2C=CC=CC2)C=C1. The summed E-state index contributed by atoms with van der Waals surface area (Å²) < 4.78 is 0. The lowest BCUT2D eigenvalue weighted by molar-refractivity contribution is 1.01. The average molecular weight is 190 g/mol. The van der Waals surface area contributed by atoms with Crippen LogP contribution in [0.15, 0.2) is 48.6 Å². The minimum absolute atomic E-state index is 0.686. The molecule has 0 fully saturated rings. The van der Waals surface area contributed by atoms with Gasteiger partial charge < -0.3 is 0 Å². The van der Waals surface area contributed by atoms with E-state index in [9.17, 15) is 0 Å². The van der Waals surface area contributed by atoms with E-state index in [-0.39, 0.29) is 0 Å². The van der Waals surface area contributed by atoms with Gasteiger partial charge in [0, 0.05) is 10.5 Å². The van der Waals surface area contributed by atoms with Gasteiger partial charge in [-0.1, -0.05) is 48.6 Å². The molecule has 2 rings (SSSR count). The molecule has 2 aliphatic rings. The number of thioether (sulfide) groups is 1. The third-order valence-electron chi connectivity index (χ3n) is 2.23. The molecule has 2 atom stereocenters. The summed E-state index contributed by atoms with van der Waals surface area (Å²) in [5, 5.41) is 1.37. The van der Waals surface area contributed by atoms with Crippen molar-refractivity contribution in [2.24, 2.45) is 0 Å². The quantitative estimate of drug-likeness (QED) is 0.642. The van der Waals surface area contributed by atoms with Crippen molar-refractivity contribution in [3.63, 3.8) is 0 Å². The zero-order valence-corrected chi connectivity index (χ0v) is 8.41. The van der Waals surface area contributed by atoms with E-state index in [1.54, 1.807) is 0 Å². The summed E-state index contributed by atoms with van der Waals surface area (Å²) in [6.45, 7) is 0. The molecule has 0 radical (unpaired) electrons. The van der Waals surface area contributed by atoms with Crippen molar-refractivity contribution in [2.45, 2.75) is 23.3 Å². The van der Waals surface area contributed by atoms with Gasteiger partial charge >= 0.3 is 0 Å². The predicted octanol–water partition coefficient (Wildman–Crippen LogP) is 3.49. The highest BCUT2D eigenvalue weighted by atomic mass is 32.2. The van der Waals surface area contributed by atoms with E-state index in [1.807, 2.05) is 0 Å². The summed E-state index contributed by atoms with van der Waals surface area (Å²) in [5.41, 5.74) is 0. The predicted molar refractivity (Wildman–Crippen MR) is 61.0 cm³/mol. The van der Waals surface area contributed by atoms with Gasteiger partial charge in [-0.3, -0.25) is 0 Å². The first kappa shape index (κ1) is 8.89. The van der Waals surface area contributed by atoms with Gasteiger partial charge in [-0.05, 0) is 12.8 Å². The van der Waals surface area contributed by atoms with Crippen LogP contribution >= 0.6 is 11.8 Å². The highest BCUT2D eigenvalue weighted by molar-refractivity contribution is 8.00. The highest BCUT2D eigenvalue weighted by Crippen LogP contribution is 2.28. The monoisotopic (exact) mass is 190 g/mol. The maximum absolute atomic E-state index is 2.30. The zero-order valence-electron chi connectivity index (χ0n) is 7.60. The molecule has 0 aliphatic heterocycles. The van der Waals surface area contributed by atoms with Crippen molar-refractivity contribution in [3.8, 4) is 0 Å². The number of allylic oxidation sites excluding steroid dienone is 6. The van der Waals surface area contributed by atoms with Crippen molar-refractivity contribution < 1.29 is 0 Å². The molecule has 2 unspecified atom stereocenters. The first-order valence-electron chi connectivity index (χ1n) is 4.77. The lowest BCUT2D eigenvalue weighted by Gasteiger charge is -2.19. The van der Waals surface area contributed by atoms with Crippen LogP contribution in [0.4, 0.5) is 0 Å². The van der Waals surface area contributed by atoms with Crippen molar-refractivity contribution in [3.05, 3.63) is 48.6 Å². The van der Waals surface area contributed by atoms with E-state index in [2.05, 4.69) is 60.4 Å². The summed E-state index contributed by atoms with van der Waals surface area (Å²) in [4.78, 5) is 0. The molecule has 0 heterocycles. The van der Waals surface area contributed by atoms with E-state index in [1.165, 1.54) is 12.8 Å². The molecule has 2 aliphatic carbocycles. The van der Waals surface area contributed by atoms with E-state index in [0.29, 0.717) is 10.5 Å². The van der Waals surface area contributed by atoms with Crippen LogP contribution < -0.4 is 0 Å². The zero-order chi connectivity index (χ0) is 8.93. The molecule has 0 aromatic rings. The maximum atomic E-state index is 2.30. The normalized spacial score (nSPS) is 31.1. The van der Waals surface area contributed by atoms with E-state index in [4.69, 9.17) is 0 Å². The molecule has 0 nitrogen and oxygen atoms in total. The van der Waals surface area contributed by atoms with Crippen LogP contribution in [0.2, 0.25) is 0 Å². The molecule has 0 spiro atoms. The Morgan fingerprint density at radius 2 is 1.31 bits per heavy atom. The van der Waals surface area contributed by atoms with E-state index >= 15 is 0 Å². The second-order valence-corrected chi connectivity index (χ2v) is 4.79. The first-order chi connectivity index (χ1) is 6.45. The van der Waals surface area contributed by atoms with Crippen molar-refractivity contribution in [2.75, 3.05) is 0 Å². The summed E-state index contributed by atoms with van der Waals surface area (Å²) in [6, 6.07) is 0. The van der Waals surface area contributed by atoms with Crippen LogP contribution in [0.1, 0.15) is 12.8 Å². The number of rotatable bonds is 2. The molecule has 68 valence electrons. The van der Waals surface area contributed by atoms with Crippen molar-refractivity contribution in [1.82, 2.24) is 0 Å². The smallest absolute Gasteiger partial charge is 0.0270 e. The minimum atomic E-state index is 0.686. The second kappa shape index (κ2) is 4.52. The van der Waals surface area contributed by atoms with Gasteiger partial charge in [0.05, 0.1) is 0 Å². The molecular weight excluding hydrogens is 176 g/mol. The average Bonchev–Trinajstić information content (AvgIpc) is 2.21. The Morgan fingerprint density at radius 1 is 0.769 bits per heavy atom. The first-order valence-corrected chi connectivity index (χ1v) is 5.71. The Hall–Kier alpha value is -0.690. The van der Waals surface area contributed by atoms with Crippen LogP contribution in [0.3, 0.4) is 0 Å². The molecule has 0 saturated heterocycles. The van der Waals surface area contributed by atoms with Crippen LogP contribution in [-0.2, 0) is 0 Å². The summed E-state index contributed by atoms with van der Waals surface area (Å²) in [6.07, 6.45) is 20.1. The second-order valence-electron chi connectivity index (χ2n) is 3.31. The third-order valence-corrected chi connectivity index (χ3v) is 3.63. The van der Waals surface area contributed by atoms with Crippen molar-refractivity contribution >= 4 is 11.8 Å². The Morgan fingerprint density at radius 3 is 1.69 bits per heavy atom. The van der Waals surface area contributed by atoms with Gasteiger partial charge in [0.25, 0.3) is 0 Å². The molecule has 0 aromatic carbocycles. The topological polar surface area (TPSA) is 0 Å². The fourth-order valence-corrected chi connectivity index (χ4v) is 2.80. The fraction of sp³-hybridized carbons (Fsp3) is 0.333. The Bertz CT molecular complexity index is 243. The van der Waals surface area contributed by atoms with Gasteiger partial charge in [-0.2, -0.15) is 0 Å². The molecule has 0 amide bonds. The fourth-order valence-electron chi connectivity index (χ4n) is 1.54. The summed E-state index contributed by atoms with van der Waals surface area (Å²) in [7, 11) is 0. The Kier molecular flexibility index (Phi) is 3.09. The molecule has 1 heteroatoms. The lowest BCUT2D eigenvalue weighted by atomic mass is 10.2. The Labute approximate surface area is 84.1 Å². The highest BCUT2D eigenvalue weighted by Gasteiger charge is 2.12.